The van der Waals surface area contributed by atoms with Gasteiger partial charge in [-0.25, -0.2) is 0 Å². The van der Waals surface area contributed by atoms with Gasteiger partial charge < -0.3 is 10.1 Å². The van der Waals surface area contributed by atoms with E-state index in [0.29, 0.717) is 30.3 Å². The summed E-state index contributed by atoms with van der Waals surface area (Å²) in [7, 11) is 0. The van der Waals surface area contributed by atoms with Gasteiger partial charge >= 0.3 is 0 Å². The highest BCUT2D eigenvalue weighted by molar-refractivity contribution is 6.30. The van der Waals surface area contributed by atoms with Crippen molar-refractivity contribution in [2.75, 3.05) is 13.3 Å². The van der Waals surface area contributed by atoms with Gasteiger partial charge in [0.05, 0.1) is 13.3 Å². The topological polar surface area (TPSA) is 38.3 Å². The van der Waals surface area contributed by atoms with Gasteiger partial charge in [-0.1, -0.05) is 35.9 Å². The van der Waals surface area contributed by atoms with Crippen molar-refractivity contribution in [3.05, 3.63) is 70.8 Å². The van der Waals surface area contributed by atoms with Crippen LogP contribution in [0.3, 0.4) is 0 Å². The molecule has 0 atom stereocenters. The van der Waals surface area contributed by atoms with Crippen LogP contribution in [0.2, 0.25) is 5.02 Å². The van der Waals surface area contributed by atoms with Crippen LogP contribution in [-0.4, -0.2) is 19.2 Å². The lowest BCUT2D eigenvalue weighted by Gasteiger charge is -2.05. The van der Waals surface area contributed by atoms with Gasteiger partial charge in [-0.05, 0) is 41.5 Å². The summed E-state index contributed by atoms with van der Waals surface area (Å²) in [6.45, 7) is 0.397. The molecule has 0 aromatic heterocycles. The molecule has 0 bridgehead atoms. The molecule has 0 fully saturated rings. The fourth-order valence-electron chi connectivity index (χ4n) is 1.99. The van der Waals surface area contributed by atoms with Crippen molar-refractivity contribution in [1.29, 1.82) is 0 Å². The molecule has 0 spiro atoms. The first kappa shape index (κ1) is 18.0. The van der Waals surface area contributed by atoms with Crippen molar-refractivity contribution in [3.63, 3.8) is 0 Å². The summed E-state index contributed by atoms with van der Waals surface area (Å²) in [5, 5.41) is 3.44. The van der Waals surface area contributed by atoms with Crippen LogP contribution in [0.5, 0.6) is 5.75 Å². The van der Waals surface area contributed by atoms with Crippen molar-refractivity contribution < 1.29 is 13.9 Å². The second-order valence-electron chi connectivity index (χ2n) is 5.14. The van der Waals surface area contributed by atoms with Crippen LogP contribution in [-0.2, 0) is 11.3 Å². The Morgan fingerprint density at radius 2 is 2.00 bits per heavy atom. The summed E-state index contributed by atoms with van der Waals surface area (Å²) in [4.78, 5) is 11.8. The quantitative estimate of drug-likeness (QED) is 0.567. The van der Waals surface area contributed by atoms with Gasteiger partial charge in [0.25, 0.3) is 0 Å². The molecule has 3 nitrogen and oxygen atoms in total. The highest BCUT2D eigenvalue weighted by Crippen LogP contribution is 2.13. The Labute approximate surface area is 146 Å². The molecule has 0 unspecified atom stereocenters. The Morgan fingerprint density at radius 1 is 1.21 bits per heavy atom. The van der Waals surface area contributed by atoms with E-state index in [-0.39, 0.29) is 12.6 Å². The predicted octanol–water partition coefficient (Wildman–Crippen LogP) is 4.41. The third-order valence-corrected chi connectivity index (χ3v) is 3.44. The van der Waals surface area contributed by atoms with Crippen LogP contribution in [0.4, 0.5) is 4.39 Å². The van der Waals surface area contributed by atoms with Gasteiger partial charge in [0.1, 0.15) is 5.75 Å². The van der Waals surface area contributed by atoms with Crippen molar-refractivity contribution in [3.8, 4) is 5.75 Å². The van der Waals surface area contributed by atoms with Crippen LogP contribution in [0, 0.1) is 0 Å². The van der Waals surface area contributed by atoms with Gasteiger partial charge in [-0.15, -0.1) is 0 Å². The Balaban J connectivity index is 1.80. The molecule has 1 amide bonds. The Hall–Kier alpha value is -2.33. The molecule has 0 aliphatic heterocycles. The molecule has 1 N–H and O–H groups in total. The average molecular weight is 348 g/mol. The van der Waals surface area contributed by atoms with Crippen LogP contribution >= 0.6 is 11.6 Å². The van der Waals surface area contributed by atoms with E-state index in [1.165, 1.54) is 6.08 Å². The van der Waals surface area contributed by atoms with Gasteiger partial charge in [0.2, 0.25) is 5.91 Å². The van der Waals surface area contributed by atoms with Crippen molar-refractivity contribution in [1.82, 2.24) is 5.32 Å². The molecule has 5 heteroatoms. The monoisotopic (exact) mass is 347 g/mol. The van der Waals surface area contributed by atoms with Gasteiger partial charge in [-0.2, -0.15) is 0 Å². The SMILES string of the molecule is O=C(/C=C/c1ccc(OCCCF)cc1)NCc1cccc(Cl)c1. The van der Waals surface area contributed by atoms with Crippen molar-refractivity contribution in [2.45, 2.75) is 13.0 Å². The molecule has 0 radical (unpaired) electrons. The molecule has 2 aromatic carbocycles. The van der Waals surface area contributed by atoms with Gasteiger partial charge in [-0.3, -0.25) is 9.18 Å². The summed E-state index contributed by atoms with van der Waals surface area (Å²) in [5.74, 6) is 0.504. The summed E-state index contributed by atoms with van der Waals surface area (Å²) in [6, 6.07) is 14.6. The van der Waals surface area contributed by atoms with E-state index in [0.717, 1.165) is 11.1 Å². The summed E-state index contributed by atoms with van der Waals surface area (Å²) in [6.07, 6.45) is 3.58. The number of alkyl halides is 1. The van der Waals surface area contributed by atoms with Gasteiger partial charge in [0.15, 0.2) is 0 Å². The molecule has 24 heavy (non-hydrogen) atoms. The van der Waals surface area contributed by atoms with E-state index < -0.39 is 0 Å². The van der Waals surface area contributed by atoms with Crippen LogP contribution in [0.1, 0.15) is 17.5 Å². The Bertz CT molecular complexity index is 686. The molecule has 0 heterocycles. The minimum absolute atomic E-state index is 0.182. The third-order valence-electron chi connectivity index (χ3n) is 3.21. The van der Waals surface area contributed by atoms with E-state index in [4.69, 9.17) is 16.3 Å². The standard InChI is InChI=1S/C19H19ClFNO2/c20-17-4-1-3-16(13-17)14-22-19(23)10-7-15-5-8-18(9-6-15)24-12-2-11-21/h1,3-10,13H,2,11-12,14H2,(H,22,23)/b10-7+. The van der Waals surface area contributed by atoms with Gasteiger partial charge in [0, 0.05) is 24.1 Å². The zero-order chi connectivity index (χ0) is 17.2. The zero-order valence-corrected chi connectivity index (χ0v) is 13.9. The molecule has 0 saturated heterocycles. The number of benzene rings is 2. The van der Waals surface area contributed by atoms with E-state index in [9.17, 15) is 9.18 Å². The fourth-order valence-corrected chi connectivity index (χ4v) is 2.20. The number of carbonyl (C=O) groups is 1. The van der Waals surface area contributed by atoms with Crippen LogP contribution in [0.25, 0.3) is 6.08 Å². The minimum atomic E-state index is -0.384. The molecular formula is C19H19ClFNO2. The first-order valence-corrected chi connectivity index (χ1v) is 8.04. The smallest absolute Gasteiger partial charge is 0.244 e. The number of amides is 1. The fraction of sp³-hybridized carbons (Fsp3) is 0.211. The number of ether oxygens (including phenoxy) is 1. The highest BCUT2D eigenvalue weighted by Gasteiger charge is 1.98. The lowest BCUT2D eigenvalue weighted by molar-refractivity contribution is -0.116. The Morgan fingerprint density at radius 3 is 2.71 bits per heavy atom. The number of hydrogen-bond donors (Lipinski definition) is 1. The van der Waals surface area contributed by atoms with Crippen LogP contribution < -0.4 is 10.1 Å². The third kappa shape index (κ3) is 6.42. The normalized spacial score (nSPS) is 10.8. The van der Waals surface area contributed by atoms with Crippen molar-refractivity contribution in [2.24, 2.45) is 0 Å². The first-order valence-electron chi connectivity index (χ1n) is 7.66. The number of hydrogen-bond acceptors (Lipinski definition) is 2. The molecule has 0 aliphatic carbocycles. The maximum absolute atomic E-state index is 12.0. The molecule has 0 saturated carbocycles. The molecule has 126 valence electrons. The number of nitrogens with one attached hydrogen (secondary N) is 1. The van der Waals surface area contributed by atoms with E-state index in [2.05, 4.69) is 5.32 Å². The highest BCUT2D eigenvalue weighted by atomic mass is 35.5. The lowest BCUT2D eigenvalue weighted by atomic mass is 10.2. The van der Waals surface area contributed by atoms with E-state index in [1.54, 1.807) is 24.3 Å². The average Bonchev–Trinajstić information content (AvgIpc) is 2.59. The minimum Gasteiger partial charge on any atom is -0.493 e. The number of carbonyl (C=O) groups excluding carboxylic acids is 1. The molecule has 2 rings (SSSR count). The maximum atomic E-state index is 12.0. The summed E-state index contributed by atoms with van der Waals surface area (Å²) in [5.41, 5.74) is 1.82. The predicted molar refractivity (Wildman–Crippen MR) is 94.9 cm³/mol. The summed E-state index contributed by atoms with van der Waals surface area (Å²) < 4.78 is 17.4. The van der Waals surface area contributed by atoms with Crippen molar-refractivity contribution >= 4 is 23.6 Å². The largest absolute Gasteiger partial charge is 0.493 e. The molecular weight excluding hydrogens is 329 g/mol. The van der Waals surface area contributed by atoms with Crippen LogP contribution in [0.15, 0.2) is 54.6 Å². The summed E-state index contributed by atoms with van der Waals surface area (Å²) >= 11 is 5.90. The zero-order valence-electron chi connectivity index (χ0n) is 13.2. The number of halogens is 2. The van der Waals surface area contributed by atoms with E-state index in [1.807, 2.05) is 30.3 Å². The lowest BCUT2D eigenvalue weighted by Crippen LogP contribution is -2.20. The second kappa shape index (κ2) is 9.73. The first-order chi connectivity index (χ1) is 11.7. The van der Waals surface area contributed by atoms with E-state index >= 15 is 0 Å². The second-order valence-corrected chi connectivity index (χ2v) is 5.58. The molecule has 2 aromatic rings. The molecule has 0 aliphatic rings. The Kier molecular flexibility index (Phi) is 7.30. The maximum Gasteiger partial charge on any atom is 0.244 e. The number of rotatable bonds is 8.